The van der Waals surface area contributed by atoms with Crippen molar-refractivity contribution in [2.24, 2.45) is 0 Å². The van der Waals surface area contributed by atoms with Gasteiger partial charge in [0.25, 0.3) is 0 Å². The van der Waals surface area contributed by atoms with Crippen LogP contribution in [0.5, 0.6) is 5.88 Å². The van der Waals surface area contributed by atoms with Crippen LogP contribution in [0.25, 0.3) is 0 Å². The maximum Gasteiger partial charge on any atom is 0.226 e. The van der Waals surface area contributed by atoms with Crippen molar-refractivity contribution in [3.63, 3.8) is 0 Å². The van der Waals surface area contributed by atoms with Crippen LogP contribution in [0.2, 0.25) is 0 Å². The van der Waals surface area contributed by atoms with E-state index >= 15 is 0 Å². The van der Waals surface area contributed by atoms with Crippen LogP contribution in [0.3, 0.4) is 0 Å². The van der Waals surface area contributed by atoms with Gasteiger partial charge in [-0.25, -0.2) is 4.98 Å². The second kappa shape index (κ2) is 7.09. The third kappa shape index (κ3) is 3.97. The lowest BCUT2D eigenvalue weighted by atomic mass is 10.1. The Morgan fingerprint density at radius 2 is 2.00 bits per heavy atom. The highest BCUT2D eigenvalue weighted by molar-refractivity contribution is 5.78. The number of methoxy groups -OCH3 is 1. The second-order valence-corrected chi connectivity index (χ2v) is 5.51. The van der Waals surface area contributed by atoms with Crippen molar-refractivity contribution in [3.8, 4) is 5.88 Å². The summed E-state index contributed by atoms with van der Waals surface area (Å²) in [6.07, 6.45) is 3.31. The molecule has 0 aliphatic carbocycles. The van der Waals surface area contributed by atoms with Gasteiger partial charge in [-0.05, 0) is 17.5 Å². The highest BCUT2D eigenvalue weighted by Gasteiger charge is 2.19. The molecule has 1 aromatic carbocycles. The molecule has 0 spiro atoms. The SMILES string of the molecule is COc1ccnc(NCc2ccc(CN3CCCC3=O)cc2)n1. The van der Waals surface area contributed by atoms with E-state index in [1.807, 2.05) is 4.90 Å². The number of nitrogens with zero attached hydrogens (tertiary/aromatic N) is 3. The molecule has 0 atom stereocenters. The third-order valence-electron chi connectivity index (χ3n) is 3.86. The summed E-state index contributed by atoms with van der Waals surface area (Å²) in [6, 6.07) is 9.95. The van der Waals surface area contributed by atoms with E-state index < -0.39 is 0 Å². The first-order valence-corrected chi connectivity index (χ1v) is 7.71. The Labute approximate surface area is 135 Å². The van der Waals surface area contributed by atoms with Gasteiger partial charge in [-0.1, -0.05) is 24.3 Å². The number of benzene rings is 1. The van der Waals surface area contributed by atoms with Gasteiger partial charge < -0.3 is 15.0 Å². The van der Waals surface area contributed by atoms with Gasteiger partial charge in [-0.15, -0.1) is 0 Å². The van der Waals surface area contributed by atoms with Crippen LogP contribution in [-0.2, 0) is 17.9 Å². The maximum absolute atomic E-state index is 11.6. The van der Waals surface area contributed by atoms with E-state index in [0.29, 0.717) is 31.3 Å². The van der Waals surface area contributed by atoms with Gasteiger partial charge in [-0.3, -0.25) is 4.79 Å². The molecule has 0 bridgehead atoms. The summed E-state index contributed by atoms with van der Waals surface area (Å²) in [7, 11) is 1.58. The topological polar surface area (TPSA) is 67.3 Å². The van der Waals surface area contributed by atoms with Gasteiger partial charge in [0.05, 0.1) is 7.11 Å². The summed E-state index contributed by atoms with van der Waals surface area (Å²) >= 11 is 0. The van der Waals surface area contributed by atoms with E-state index in [-0.39, 0.29) is 5.91 Å². The van der Waals surface area contributed by atoms with Crippen LogP contribution < -0.4 is 10.1 Å². The smallest absolute Gasteiger partial charge is 0.226 e. The molecule has 2 heterocycles. The minimum atomic E-state index is 0.255. The van der Waals surface area contributed by atoms with E-state index in [1.54, 1.807) is 19.4 Å². The van der Waals surface area contributed by atoms with Crippen molar-refractivity contribution in [2.75, 3.05) is 19.0 Å². The van der Waals surface area contributed by atoms with E-state index in [4.69, 9.17) is 4.74 Å². The van der Waals surface area contributed by atoms with Gasteiger partial charge >= 0.3 is 0 Å². The first kappa shape index (κ1) is 15.3. The Hall–Kier alpha value is -2.63. The second-order valence-electron chi connectivity index (χ2n) is 5.51. The fourth-order valence-electron chi connectivity index (χ4n) is 2.58. The molecule has 0 saturated carbocycles. The number of ether oxygens (including phenoxy) is 1. The Kier molecular flexibility index (Phi) is 4.71. The van der Waals surface area contributed by atoms with Crippen molar-refractivity contribution < 1.29 is 9.53 Å². The fraction of sp³-hybridized carbons (Fsp3) is 0.353. The lowest BCUT2D eigenvalue weighted by Crippen LogP contribution is -2.23. The number of hydrogen-bond donors (Lipinski definition) is 1. The minimum Gasteiger partial charge on any atom is -0.481 e. The number of nitrogens with one attached hydrogen (secondary N) is 1. The average Bonchev–Trinajstić information content (AvgIpc) is 2.99. The molecule has 1 aromatic heterocycles. The lowest BCUT2D eigenvalue weighted by Gasteiger charge is -2.15. The molecule has 6 nitrogen and oxygen atoms in total. The molecule has 0 unspecified atom stereocenters. The van der Waals surface area contributed by atoms with Gasteiger partial charge in [-0.2, -0.15) is 4.98 Å². The number of likely N-dealkylation sites (tertiary alicyclic amines) is 1. The summed E-state index contributed by atoms with van der Waals surface area (Å²) in [6.45, 7) is 2.21. The molecule has 120 valence electrons. The maximum atomic E-state index is 11.6. The summed E-state index contributed by atoms with van der Waals surface area (Å²) in [5.74, 6) is 1.33. The van der Waals surface area contributed by atoms with Crippen molar-refractivity contribution in [1.82, 2.24) is 14.9 Å². The highest BCUT2D eigenvalue weighted by Crippen LogP contribution is 2.15. The van der Waals surface area contributed by atoms with Crippen LogP contribution in [0.15, 0.2) is 36.5 Å². The molecule has 1 N–H and O–H groups in total. The number of hydrogen-bond acceptors (Lipinski definition) is 5. The van der Waals surface area contributed by atoms with Crippen molar-refractivity contribution >= 4 is 11.9 Å². The highest BCUT2D eigenvalue weighted by atomic mass is 16.5. The number of aromatic nitrogens is 2. The standard InChI is InChI=1S/C17H20N4O2/c1-23-15-8-9-18-17(20-15)19-11-13-4-6-14(7-5-13)12-21-10-2-3-16(21)22/h4-9H,2-3,10-12H2,1H3,(H,18,19,20). The number of carbonyl (C=O) groups excluding carboxylic acids is 1. The van der Waals surface area contributed by atoms with Crippen molar-refractivity contribution in [1.29, 1.82) is 0 Å². The molecule has 23 heavy (non-hydrogen) atoms. The molecule has 1 fully saturated rings. The molecule has 1 amide bonds. The minimum absolute atomic E-state index is 0.255. The van der Waals surface area contributed by atoms with Crippen LogP contribution in [0.4, 0.5) is 5.95 Å². The quantitative estimate of drug-likeness (QED) is 0.886. The lowest BCUT2D eigenvalue weighted by molar-refractivity contribution is -0.128. The number of anilines is 1. The molecular weight excluding hydrogens is 292 g/mol. The fourth-order valence-corrected chi connectivity index (χ4v) is 2.58. The summed E-state index contributed by atoms with van der Waals surface area (Å²) < 4.78 is 5.07. The van der Waals surface area contributed by atoms with Crippen LogP contribution >= 0.6 is 0 Å². The zero-order valence-electron chi connectivity index (χ0n) is 13.2. The predicted octanol–water partition coefficient (Wildman–Crippen LogP) is 2.22. The van der Waals surface area contributed by atoms with Gasteiger partial charge in [0.2, 0.25) is 17.7 Å². The Morgan fingerprint density at radius 3 is 2.70 bits per heavy atom. The predicted molar refractivity (Wildman–Crippen MR) is 87.0 cm³/mol. The molecule has 1 aliphatic heterocycles. The first-order valence-electron chi connectivity index (χ1n) is 7.71. The van der Waals surface area contributed by atoms with Crippen LogP contribution in [0.1, 0.15) is 24.0 Å². The Bertz CT molecular complexity index is 673. The molecule has 0 radical (unpaired) electrons. The van der Waals surface area contributed by atoms with Crippen LogP contribution in [-0.4, -0.2) is 34.4 Å². The molecule has 2 aromatic rings. The number of carbonyl (C=O) groups is 1. The van der Waals surface area contributed by atoms with Gasteiger partial charge in [0, 0.05) is 38.3 Å². The monoisotopic (exact) mass is 312 g/mol. The third-order valence-corrected chi connectivity index (χ3v) is 3.86. The number of rotatable bonds is 6. The zero-order valence-corrected chi connectivity index (χ0v) is 13.2. The van der Waals surface area contributed by atoms with Gasteiger partial charge in [0.1, 0.15) is 0 Å². The Balaban J connectivity index is 1.55. The molecule has 1 saturated heterocycles. The van der Waals surface area contributed by atoms with E-state index in [2.05, 4.69) is 39.6 Å². The van der Waals surface area contributed by atoms with Crippen molar-refractivity contribution in [3.05, 3.63) is 47.7 Å². The molecule has 3 rings (SSSR count). The molecular formula is C17H20N4O2. The van der Waals surface area contributed by atoms with Crippen LogP contribution in [0, 0.1) is 0 Å². The normalized spacial score (nSPS) is 14.1. The summed E-state index contributed by atoms with van der Waals surface area (Å²) in [5, 5.41) is 3.17. The summed E-state index contributed by atoms with van der Waals surface area (Å²) in [4.78, 5) is 21.9. The van der Waals surface area contributed by atoms with E-state index in [0.717, 1.165) is 24.1 Å². The summed E-state index contributed by atoms with van der Waals surface area (Å²) in [5.41, 5.74) is 2.29. The van der Waals surface area contributed by atoms with Crippen molar-refractivity contribution in [2.45, 2.75) is 25.9 Å². The van der Waals surface area contributed by atoms with Gasteiger partial charge in [0.15, 0.2) is 0 Å². The largest absolute Gasteiger partial charge is 0.481 e. The first-order chi connectivity index (χ1) is 11.2. The molecule has 1 aliphatic rings. The Morgan fingerprint density at radius 1 is 1.22 bits per heavy atom. The van der Waals surface area contributed by atoms with E-state index in [9.17, 15) is 4.79 Å². The molecule has 6 heteroatoms. The number of amides is 1. The average molecular weight is 312 g/mol. The zero-order chi connectivity index (χ0) is 16.1. The van der Waals surface area contributed by atoms with E-state index in [1.165, 1.54) is 0 Å².